The van der Waals surface area contributed by atoms with Crippen molar-refractivity contribution in [3.8, 4) is 0 Å². The molecule has 0 radical (unpaired) electrons. The lowest BCUT2D eigenvalue weighted by Crippen LogP contribution is -2.57. The summed E-state index contributed by atoms with van der Waals surface area (Å²) in [5.74, 6) is -0.591. The molecule has 0 bridgehead atoms. The van der Waals surface area contributed by atoms with Gasteiger partial charge in [0.15, 0.2) is 0 Å². The van der Waals surface area contributed by atoms with Crippen LogP contribution in [0.5, 0.6) is 0 Å². The van der Waals surface area contributed by atoms with Crippen LogP contribution in [0.3, 0.4) is 0 Å². The Balaban J connectivity index is 4.95. The normalized spacial score (nSPS) is 16.1. The zero-order valence-electron chi connectivity index (χ0n) is 10.8. The molecule has 0 fully saturated rings. The Morgan fingerprint density at radius 3 is 2.06 bits per heavy atom. The molecule has 0 aliphatic heterocycles. The summed E-state index contributed by atoms with van der Waals surface area (Å²) in [5.41, 5.74) is 0.233. The lowest BCUT2D eigenvalue weighted by molar-refractivity contribution is -0.941. The first-order chi connectivity index (χ1) is 7.40. The van der Waals surface area contributed by atoms with E-state index in [4.69, 9.17) is 9.29 Å². The number of quaternary nitrogens is 1. The summed E-state index contributed by atoms with van der Waals surface area (Å²) in [5, 5.41) is -1.10. The highest BCUT2D eigenvalue weighted by atomic mass is 32.2. The van der Waals surface area contributed by atoms with Gasteiger partial charge in [-0.2, -0.15) is 8.42 Å². The maximum Gasteiger partial charge on any atom is 0.337 e. The fraction of sp³-hybridized carbons (Fsp3) is 0.700. The van der Waals surface area contributed by atoms with E-state index in [1.165, 1.54) is 13.8 Å². The van der Waals surface area contributed by atoms with Gasteiger partial charge in [-0.05, 0) is 6.92 Å². The van der Waals surface area contributed by atoms with Gasteiger partial charge in [0.1, 0.15) is 0 Å². The molecule has 0 aromatic rings. The molecular weight excluding hydrogens is 246 g/mol. The molecule has 0 aromatic carbocycles. The standard InChI is InChI=1S/C10H19NO5S/c1-7(2)10(12)16-8(3)11(5,6)9(4)17(13,14)15/h8-9H,1H2,2-6H3/p+1. The van der Waals surface area contributed by atoms with Crippen molar-refractivity contribution in [1.82, 2.24) is 0 Å². The number of hydrogen-bond donors (Lipinski definition) is 1. The second-order valence-corrected chi connectivity index (χ2v) is 6.24. The average molecular weight is 266 g/mol. The van der Waals surface area contributed by atoms with Crippen molar-refractivity contribution in [1.29, 1.82) is 0 Å². The third-order valence-corrected chi connectivity index (χ3v) is 4.34. The lowest BCUT2D eigenvalue weighted by atomic mass is 10.3. The van der Waals surface area contributed by atoms with Crippen LogP contribution in [-0.2, 0) is 19.6 Å². The van der Waals surface area contributed by atoms with Crippen molar-refractivity contribution < 1.29 is 27.0 Å². The number of nitrogens with zero attached hydrogens (tertiary/aromatic N) is 1. The highest BCUT2D eigenvalue weighted by Gasteiger charge is 2.40. The van der Waals surface area contributed by atoms with E-state index in [9.17, 15) is 13.2 Å². The molecule has 0 heterocycles. The maximum atomic E-state index is 11.3. The van der Waals surface area contributed by atoms with Crippen LogP contribution in [-0.4, -0.2) is 49.1 Å². The van der Waals surface area contributed by atoms with Crippen LogP contribution in [0.4, 0.5) is 0 Å². The van der Waals surface area contributed by atoms with Gasteiger partial charge in [-0.3, -0.25) is 9.04 Å². The highest BCUT2D eigenvalue weighted by Crippen LogP contribution is 2.18. The lowest BCUT2D eigenvalue weighted by Gasteiger charge is -2.38. The Kier molecular flexibility index (Phi) is 4.88. The van der Waals surface area contributed by atoms with Crippen LogP contribution in [0.25, 0.3) is 0 Å². The fourth-order valence-corrected chi connectivity index (χ4v) is 1.89. The first-order valence-electron chi connectivity index (χ1n) is 5.06. The molecule has 0 saturated heterocycles. The predicted molar refractivity (Wildman–Crippen MR) is 63.5 cm³/mol. The molecule has 2 atom stereocenters. The van der Waals surface area contributed by atoms with E-state index in [-0.39, 0.29) is 10.1 Å². The summed E-state index contributed by atoms with van der Waals surface area (Å²) < 4.78 is 36.0. The van der Waals surface area contributed by atoms with Crippen molar-refractivity contribution in [2.45, 2.75) is 32.4 Å². The molecule has 0 amide bonds. The van der Waals surface area contributed by atoms with Crippen LogP contribution in [0.1, 0.15) is 20.8 Å². The van der Waals surface area contributed by atoms with Gasteiger partial charge >= 0.3 is 16.1 Å². The largest absolute Gasteiger partial charge is 0.409 e. The van der Waals surface area contributed by atoms with Crippen molar-refractivity contribution >= 4 is 16.1 Å². The summed E-state index contributed by atoms with van der Waals surface area (Å²) in [6.45, 7) is 7.84. The van der Waals surface area contributed by atoms with Gasteiger partial charge in [0.05, 0.1) is 14.1 Å². The van der Waals surface area contributed by atoms with E-state index in [1.54, 1.807) is 21.0 Å². The molecule has 0 aromatic heterocycles. The van der Waals surface area contributed by atoms with E-state index in [0.717, 1.165) is 0 Å². The molecule has 0 aliphatic carbocycles. The van der Waals surface area contributed by atoms with Crippen LogP contribution in [0, 0.1) is 0 Å². The van der Waals surface area contributed by atoms with Crippen molar-refractivity contribution in [2.24, 2.45) is 0 Å². The monoisotopic (exact) mass is 266 g/mol. The summed E-state index contributed by atoms with van der Waals surface area (Å²) in [6, 6.07) is 0. The number of rotatable bonds is 5. The minimum atomic E-state index is -4.20. The van der Waals surface area contributed by atoms with E-state index in [1.807, 2.05) is 0 Å². The SMILES string of the molecule is C=C(C)C(=O)OC(C)[N+](C)(C)C(C)S(=O)(=O)O. The van der Waals surface area contributed by atoms with Gasteiger partial charge in [0, 0.05) is 19.4 Å². The molecule has 1 N–H and O–H groups in total. The fourth-order valence-electron chi connectivity index (χ4n) is 1.03. The molecule has 0 spiro atoms. The third-order valence-electron chi connectivity index (χ3n) is 2.93. The highest BCUT2D eigenvalue weighted by molar-refractivity contribution is 7.86. The molecule has 7 heteroatoms. The number of ether oxygens (including phenoxy) is 1. The van der Waals surface area contributed by atoms with Gasteiger partial charge in [0.2, 0.25) is 11.6 Å². The summed E-state index contributed by atoms with van der Waals surface area (Å²) in [4.78, 5) is 11.3. The van der Waals surface area contributed by atoms with E-state index in [2.05, 4.69) is 6.58 Å². The van der Waals surface area contributed by atoms with Crippen LogP contribution < -0.4 is 0 Å². The molecule has 2 unspecified atom stereocenters. The topological polar surface area (TPSA) is 80.7 Å². The summed E-state index contributed by atoms with van der Waals surface area (Å²) >= 11 is 0. The van der Waals surface area contributed by atoms with Gasteiger partial charge < -0.3 is 4.74 Å². The quantitative estimate of drug-likeness (QED) is 0.261. The molecule has 0 aliphatic rings. The number of hydrogen-bond acceptors (Lipinski definition) is 4. The van der Waals surface area contributed by atoms with Crippen LogP contribution in [0.15, 0.2) is 12.2 Å². The van der Waals surface area contributed by atoms with Crippen molar-refractivity contribution in [3.05, 3.63) is 12.2 Å². The third kappa shape index (κ3) is 4.10. The molecule has 6 nitrogen and oxygen atoms in total. The number of carbonyl (C=O) groups is 1. The van der Waals surface area contributed by atoms with Crippen molar-refractivity contribution in [3.63, 3.8) is 0 Å². The molecule has 17 heavy (non-hydrogen) atoms. The Bertz CT molecular complexity index is 412. The zero-order valence-corrected chi connectivity index (χ0v) is 11.6. The smallest absolute Gasteiger partial charge is 0.337 e. The molecular formula is C10H20NO5S+. The zero-order chi connectivity index (χ0) is 14.0. The minimum absolute atomic E-state index is 0.197. The first kappa shape index (κ1) is 16.1. The second kappa shape index (κ2) is 5.16. The molecule has 0 rings (SSSR count). The van der Waals surface area contributed by atoms with E-state index >= 15 is 0 Å². The van der Waals surface area contributed by atoms with Crippen LogP contribution in [0.2, 0.25) is 0 Å². The van der Waals surface area contributed by atoms with Gasteiger partial charge in [-0.15, -0.1) is 0 Å². The number of esters is 1. The average Bonchev–Trinajstić information content (AvgIpc) is 2.14. The first-order valence-corrected chi connectivity index (χ1v) is 6.57. The van der Waals surface area contributed by atoms with Crippen molar-refractivity contribution in [2.75, 3.05) is 14.1 Å². The Morgan fingerprint density at radius 1 is 1.35 bits per heavy atom. The predicted octanol–water partition coefficient (Wildman–Crippen LogP) is 0.762. The molecule has 0 saturated carbocycles. The Hall–Kier alpha value is -0.920. The summed E-state index contributed by atoms with van der Waals surface area (Å²) in [6.07, 6.45) is -0.726. The second-order valence-electron chi connectivity index (χ2n) is 4.53. The minimum Gasteiger partial charge on any atom is -0.409 e. The van der Waals surface area contributed by atoms with Gasteiger partial charge in [-0.1, -0.05) is 6.58 Å². The van der Waals surface area contributed by atoms with E-state index < -0.39 is 27.7 Å². The Morgan fingerprint density at radius 2 is 1.76 bits per heavy atom. The number of carbonyl (C=O) groups excluding carboxylic acids is 1. The van der Waals surface area contributed by atoms with E-state index in [0.29, 0.717) is 0 Å². The van der Waals surface area contributed by atoms with Gasteiger partial charge in [0.25, 0.3) is 0 Å². The molecule has 100 valence electrons. The van der Waals surface area contributed by atoms with Crippen LogP contribution >= 0.6 is 0 Å². The summed E-state index contributed by atoms with van der Waals surface area (Å²) in [7, 11) is -1.10. The maximum absolute atomic E-state index is 11.3. The van der Waals surface area contributed by atoms with Gasteiger partial charge in [-0.25, -0.2) is 4.79 Å². The Labute approximate surface area is 102 Å².